The van der Waals surface area contributed by atoms with Gasteiger partial charge < -0.3 is 9.52 Å². The SMILES string of the molecule is OCCn1nc(Cc2ccccc2)oc1=S. The normalized spacial score (nSPS) is 10.6. The first kappa shape index (κ1) is 11.0. The molecule has 1 N–H and O–H groups in total. The third kappa shape index (κ3) is 2.56. The molecule has 5 heteroatoms. The Morgan fingerprint density at radius 1 is 1.31 bits per heavy atom. The molecule has 84 valence electrons. The zero-order valence-electron chi connectivity index (χ0n) is 8.67. The first-order chi connectivity index (χ1) is 7.79. The van der Waals surface area contributed by atoms with E-state index in [0.717, 1.165) is 5.56 Å². The fraction of sp³-hybridized carbons (Fsp3) is 0.273. The molecule has 0 atom stereocenters. The Hall–Kier alpha value is -1.46. The second-order valence-electron chi connectivity index (χ2n) is 3.37. The maximum absolute atomic E-state index is 8.79. The van der Waals surface area contributed by atoms with E-state index in [-0.39, 0.29) is 6.61 Å². The van der Waals surface area contributed by atoms with Crippen molar-refractivity contribution in [2.75, 3.05) is 6.61 Å². The predicted octanol–water partition coefficient (Wildman–Crippen LogP) is 1.79. The van der Waals surface area contributed by atoms with Gasteiger partial charge >= 0.3 is 0 Å². The van der Waals surface area contributed by atoms with Gasteiger partial charge in [-0.15, -0.1) is 5.10 Å². The van der Waals surface area contributed by atoms with Crippen molar-refractivity contribution in [1.29, 1.82) is 0 Å². The van der Waals surface area contributed by atoms with E-state index in [9.17, 15) is 0 Å². The van der Waals surface area contributed by atoms with Gasteiger partial charge in [0.25, 0.3) is 4.84 Å². The summed E-state index contributed by atoms with van der Waals surface area (Å²) in [6, 6.07) is 9.90. The van der Waals surface area contributed by atoms with Crippen LogP contribution in [-0.2, 0) is 13.0 Å². The van der Waals surface area contributed by atoms with E-state index in [2.05, 4.69) is 5.10 Å². The van der Waals surface area contributed by atoms with Crippen molar-refractivity contribution < 1.29 is 9.52 Å². The van der Waals surface area contributed by atoms with Gasteiger partial charge in [-0.1, -0.05) is 30.3 Å². The number of hydrogen-bond donors (Lipinski definition) is 1. The molecule has 1 aromatic carbocycles. The molecule has 0 amide bonds. The van der Waals surface area contributed by atoms with Crippen LogP contribution in [0.3, 0.4) is 0 Å². The monoisotopic (exact) mass is 236 g/mol. The zero-order chi connectivity index (χ0) is 11.4. The minimum Gasteiger partial charge on any atom is -0.414 e. The number of nitrogens with zero attached hydrogens (tertiary/aromatic N) is 2. The van der Waals surface area contributed by atoms with Crippen LogP contribution in [0.25, 0.3) is 0 Å². The van der Waals surface area contributed by atoms with Crippen LogP contribution in [0.2, 0.25) is 0 Å². The van der Waals surface area contributed by atoms with Gasteiger partial charge in [0.15, 0.2) is 0 Å². The van der Waals surface area contributed by atoms with Crippen molar-refractivity contribution in [2.24, 2.45) is 0 Å². The van der Waals surface area contributed by atoms with Crippen LogP contribution in [0.4, 0.5) is 0 Å². The Morgan fingerprint density at radius 2 is 2.06 bits per heavy atom. The topological polar surface area (TPSA) is 51.2 Å². The van der Waals surface area contributed by atoms with E-state index >= 15 is 0 Å². The first-order valence-corrected chi connectivity index (χ1v) is 5.42. The maximum atomic E-state index is 8.79. The largest absolute Gasteiger partial charge is 0.414 e. The molecular weight excluding hydrogens is 224 g/mol. The fourth-order valence-electron chi connectivity index (χ4n) is 1.43. The molecule has 2 rings (SSSR count). The zero-order valence-corrected chi connectivity index (χ0v) is 9.48. The van der Waals surface area contributed by atoms with E-state index in [1.165, 1.54) is 4.68 Å². The highest BCUT2D eigenvalue weighted by Gasteiger charge is 2.05. The molecule has 0 aliphatic heterocycles. The predicted molar refractivity (Wildman–Crippen MR) is 61.7 cm³/mol. The van der Waals surface area contributed by atoms with Gasteiger partial charge in [0, 0.05) is 0 Å². The van der Waals surface area contributed by atoms with E-state index in [4.69, 9.17) is 21.7 Å². The molecule has 0 saturated carbocycles. The van der Waals surface area contributed by atoms with Crippen molar-refractivity contribution in [3.63, 3.8) is 0 Å². The van der Waals surface area contributed by atoms with Gasteiger partial charge in [0.05, 0.1) is 19.6 Å². The van der Waals surface area contributed by atoms with E-state index in [0.29, 0.717) is 23.7 Å². The molecule has 0 saturated heterocycles. The maximum Gasteiger partial charge on any atom is 0.287 e. The van der Waals surface area contributed by atoms with Crippen LogP contribution in [0, 0.1) is 4.84 Å². The lowest BCUT2D eigenvalue weighted by Crippen LogP contribution is -2.04. The highest BCUT2D eigenvalue weighted by Crippen LogP contribution is 2.08. The van der Waals surface area contributed by atoms with Gasteiger partial charge in [-0.05, 0) is 17.8 Å². The molecule has 0 bridgehead atoms. The van der Waals surface area contributed by atoms with Gasteiger partial charge in [0.1, 0.15) is 0 Å². The van der Waals surface area contributed by atoms with Crippen molar-refractivity contribution >= 4 is 12.2 Å². The standard InChI is InChI=1S/C11H12N2O2S/c14-7-6-13-11(16)15-10(12-13)8-9-4-2-1-3-5-9/h1-5,14H,6-8H2. The van der Waals surface area contributed by atoms with Crippen LogP contribution in [-0.4, -0.2) is 21.5 Å². The number of aromatic nitrogens is 2. The summed E-state index contributed by atoms with van der Waals surface area (Å²) in [5, 5.41) is 13.0. The molecule has 1 aromatic heterocycles. The molecule has 4 nitrogen and oxygen atoms in total. The minimum absolute atomic E-state index is 0.00557. The summed E-state index contributed by atoms with van der Waals surface area (Å²) < 4.78 is 6.82. The van der Waals surface area contributed by atoms with E-state index in [1.807, 2.05) is 30.3 Å². The number of rotatable bonds is 4. The summed E-state index contributed by atoms with van der Waals surface area (Å²) in [6.07, 6.45) is 0.614. The summed E-state index contributed by atoms with van der Waals surface area (Å²) in [5.74, 6) is 0.574. The Morgan fingerprint density at radius 3 is 2.75 bits per heavy atom. The summed E-state index contributed by atoms with van der Waals surface area (Å²) in [6.45, 7) is 0.378. The Bertz CT molecular complexity index is 504. The molecule has 2 aromatic rings. The molecular formula is C11H12N2O2S. The van der Waals surface area contributed by atoms with Crippen molar-refractivity contribution in [3.8, 4) is 0 Å². The van der Waals surface area contributed by atoms with Crippen LogP contribution in [0.5, 0.6) is 0 Å². The molecule has 1 heterocycles. The van der Waals surface area contributed by atoms with Crippen LogP contribution < -0.4 is 0 Å². The van der Waals surface area contributed by atoms with Gasteiger partial charge in [0.2, 0.25) is 5.89 Å². The van der Waals surface area contributed by atoms with Crippen molar-refractivity contribution in [2.45, 2.75) is 13.0 Å². The van der Waals surface area contributed by atoms with E-state index < -0.39 is 0 Å². The first-order valence-electron chi connectivity index (χ1n) is 5.01. The molecule has 0 aliphatic rings. The average molecular weight is 236 g/mol. The molecule has 0 aliphatic carbocycles. The fourth-order valence-corrected chi connectivity index (χ4v) is 1.66. The lowest BCUT2D eigenvalue weighted by Gasteiger charge is -1.95. The number of benzene rings is 1. The highest BCUT2D eigenvalue weighted by atomic mass is 32.1. The second kappa shape index (κ2) is 5.05. The third-order valence-electron chi connectivity index (χ3n) is 2.16. The number of aliphatic hydroxyl groups is 1. The lowest BCUT2D eigenvalue weighted by atomic mass is 10.2. The summed E-state index contributed by atoms with van der Waals surface area (Å²) in [7, 11) is 0. The quantitative estimate of drug-likeness (QED) is 0.822. The lowest BCUT2D eigenvalue weighted by molar-refractivity contribution is 0.266. The smallest absolute Gasteiger partial charge is 0.287 e. The van der Waals surface area contributed by atoms with Crippen LogP contribution >= 0.6 is 12.2 Å². The van der Waals surface area contributed by atoms with Crippen molar-refractivity contribution in [1.82, 2.24) is 9.78 Å². The summed E-state index contributed by atoms with van der Waals surface area (Å²) in [5.41, 5.74) is 1.12. The summed E-state index contributed by atoms with van der Waals surface area (Å²) in [4.78, 5) is 0.306. The summed E-state index contributed by atoms with van der Waals surface area (Å²) >= 11 is 4.98. The Kier molecular flexibility index (Phi) is 3.48. The van der Waals surface area contributed by atoms with Gasteiger partial charge in [-0.25, -0.2) is 4.68 Å². The second-order valence-corrected chi connectivity index (χ2v) is 3.72. The molecule has 0 fully saturated rings. The third-order valence-corrected chi connectivity index (χ3v) is 2.45. The van der Waals surface area contributed by atoms with Gasteiger partial charge in [-0.2, -0.15) is 0 Å². The van der Waals surface area contributed by atoms with Crippen LogP contribution in [0.15, 0.2) is 34.7 Å². The highest BCUT2D eigenvalue weighted by molar-refractivity contribution is 7.71. The Labute approximate surface area is 98.1 Å². The van der Waals surface area contributed by atoms with Crippen LogP contribution in [0.1, 0.15) is 11.5 Å². The molecule has 16 heavy (non-hydrogen) atoms. The number of hydrogen-bond acceptors (Lipinski definition) is 4. The number of aliphatic hydroxyl groups excluding tert-OH is 1. The van der Waals surface area contributed by atoms with E-state index in [1.54, 1.807) is 0 Å². The average Bonchev–Trinajstić information content (AvgIpc) is 2.61. The minimum atomic E-state index is 0.00557. The van der Waals surface area contributed by atoms with Gasteiger partial charge in [-0.3, -0.25) is 0 Å². The molecule has 0 spiro atoms. The van der Waals surface area contributed by atoms with Crippen molar-refractivity contribution in [3.05, 3.63) is 46.6 Å². The Balaban J connectivity index is 2.17. The molecule has 0 radical (unpaired) electrons. The molecule has 0 unspecified atom stereocenters.